The summed E-state index contributed by atoms with van der Waals surface area (Å²) in [5.74, 6) is -0.243. The molecule has 0 N–H and O–H groups in total. The lowest BCUT2D eigenvalue weighted by Crippen LogP contribution is -2.47. The van der Waals surface area contributed by atoms with Crippen LogP contribution in [0.3, 0.4) is 0 Å². The molecular formula is C18H25FN2O2. The van der Waals surface area contributed by atoms with Crippen molar-refractivity contribution in [2.45, 2.75) is 33.1 Å². The second-order valence-corrected chi connectivity index (χ2v) is 5.99. The summed E-state index contributed by atoms with van der Waals surface area (Å²) < 4.78 is 12.9. The highest BCUT2D eigenvalue weighted by Gasteiger charge is 2.30. The van der Waals surface area contributed by atoms with Crippen LogP contribution in [0.4, 0.5) is 4.39 Å². The van der Waals surface area contributed by atoms with E-state index in [0.717, 1.165) is 18.4 Å². The smallest absolute Gasteiger partial charge is 0.227 e. The van der Waals surface area contributed by atoms with Gasteiger partial charge >= 0.3 is 0 Å². The highest BCUT2D eigenvalue weighted by atomic mass is 19.1. The van der Waals surface area contributed by atoms with E-state index in [9.17, 15) is 14.0 Å². The minimum atomic E-state index is -0.302. The first-order chi connectivity index (χ1) is 11.0. The molecule has 1 heterocycles. The number of nitrogens with zero attached hydrogens (tertiary/aromatic N) is 2. The van der Waals surface area contributed by atoms with Crippen molar-refractivity contribution in [2.24, 2.45) is 5.92 Å². The van der Waals surface area contributed by atoms with Gasteiger partial charge in [-0.1, -0.05) is 12.1 Å². The summed E-state index contributed by atoms with van der Waals surface area (Å²) in [5, 5.41) is 0. The molecule has 4 nitrogen and oxygen atoms in total. The number of carbonyl (C=O) groups excluding carboxylic acids is 2. The quantitative estimate of drug-likeness (QED) is 0.836. The molecule has 0 saturated carbocycles. The SMILES string of the molecule is CCN(CC)C(=O)[C@@H]1CCCN(C(=O)Cc2ccc(F)cc2)C1. The monoisotopic (exact) mass is 320 g/mol. The first-order valence-electron chi connectivity index (χ1n) is 8.36. The van der Waals surface area contributed by atoms with Crippen LogP contribution < -0.4 is 0 Å². The maximum Gasteiger partial charge on any atom is 0.227 e. The molecule has 0 aliphatic carbocycles. The van der Waals surface area contributed by atoms with Crippen molar-refractivity contribution in [1.82, 2.24) is 9.80 Å². The van der Waals surface area contributed by atoms with Crippen LogP contribution in [0.5, 0.6) is 0 Å². The molecule has 1 fully saturated rings. The molecule has 23 heavy (non-hydrogen) atoms. The Bertz CT molecular complexity index is 540. The van der Waals surface area contributed by atoms with Gasteiger partial charge in [-0.3, -0.25) is 9.59 Å². The topological polar surface area (TPSA) is 40.6 Å². The molecular weight excluding hydrogens is 295 g/mol. The zero-order valence-electron chi connectivity index (χ0n) is 13.9. The molecule has 1 aliphatic rings. The number of likely N-dealkylation sites (tertiary alicyclic amines) is 1. The summed E-state index contributed by atoms with van der Waals surface area (Å²) in [6.45, 7) is 6.55. The first-order valence-corrected chi connectivity index (χ1v) is 8.36. The Morgan fingerprint density at radius 1 is 1.22 bits per heavy atom. The molecule has 0 spiro atoms. The number of hydrogen-bond donors (Lipinski definition) is 0. The minimum Gasteiger partial charge on any atom is -0.343 e. The fourth-order valence-corrected chi connectivity index (χ4v) is 3.09. The molecule has 1 aromatic rings. The van der Waals surface area contributed by atoms with Crippen molar-refractivity contribution < 1.29 is 14.0 Å². The van der Waals surface area contributed by atoms with Crippen molar-refractivity contribution in [2.75, 3.05) is 26.2 Å². The molecule has 126 valence electrons. The largest absolute Gasteiger partial charge is 0.343 e. The van der Waals surface area contributed by atoms with E-state index in [2.05, 4.69) is 0 Å². The van der Waals surface area contributed by atoms with Crippen molar-refractivity contribution in [1.29, 1.82) is 0 Å². The van der Waals surface area contributed by atoms with E-state index in [4.69, 9.17) is 0 Å². The Morgan fingerprint density at radius 2 is 1.87 bits per heavy atom. The van der Waals surface area contributed by atoms with Crippen LogP contribution in [-0.4, -0.2) is 47.8 Å². The molecule has 1 aliphatic heterocycles. The number of amides is 2. The predicted molar refractivity (Wildman–Crippen MR) is 87.3 cm³/mol. The maximum atomic E-state index is 12.9. The Labute approximate surface area is 137 Å². The van der Waals surface area contributed by atoms with Gasteiger partial charge in [0.15, 0.2) is 0 Å². The molecule has 2 rings (SSSR count). The average Bonchev–Trinajstić information content (AvgIpc) is 2.58. The van der Waals surface area contributed by atoms with Gasteiger partial charge in [0.2, 0.25) is 11.8 Å². The first kappa shape index (κ1) is 17.4. The Kier molecular flexibility index (Phi) is 6.13. The average molecular weight is 320 g/mol. The summed E-state index contributed by atoms with van der Waals surface area (Å²) in [5.41, 5.74) is 0.800. The van der Waals surface area contributed by atoms with Gasteiger partial charge in [-0.25, -0.2) is 4.39 Å². The molecule has 2 amide bonds. The molecule has 1 atom stereocenters. The summed E-state index contributed by atoms with van der Waals surface area (Å²) in [7, 11) is 0. The maximum absolute atomic E-state index is 12.9. The van der Waals surface area contributed by atoms with Gasteiger partial charge in [0.25, 0.3) is 0 Å². The van der Waals surface area contributed by atoms with Crippen LogP contribution in [-0.2, 0) is 16.0 Å². The van der Waals surface area contributed by atoms with E-state index in [0.29, 0.717) is 26.2 Å². The number of piperidine rings is 1. The van der Waals surface area contributed by atoms with Crippen molar-refractivity contribution in [3.05, 3.63) is 35.6 Å². The highest BCUT2D eigenvalue weighted by molar-refractivity contribution is 5.82. The lowest BCUT2D eigenvalue weighted by molar-refractivity contribution is -0.140. The second-order valence-electron chi connectivity index (χ2n) is 5.99. The van der Waals surface area contributed by atoms with Crippen LogP contribution in [0.15, 0.2) is 24.3 Å². The van der Waals surface area contributed by atoms with Gasteiger partial charge in [0.1, 0.15) is 5.82 Å². The van der Waals surface area contributed by atoms with Crippen LogP contribution in [0, 0.1) is 11.7 Å². The van der Waals surface area contributed by atoms with Crippen molar-refractivity contribution >= 4 is 11.8 Å². The summed E-state index contributed by atoms with van der Waals surface area (Å²) in [4.78, 5) is 28.5. The lowest BCUT2D eigenvalue weighted by atomic mass is 9.96. The molecule has 1 saturated heterocycles. The van der Waals surface area contributed by atoms with E-state index < -0.39 is 0 Å². The molecule has 0 radical (unpaired) electrons. The van der Waals surface area contributed by atoms with Gasteiger partial charge < -0.3 is 9.80 Å². The number of rotatable bonds is 5. The van der Waals surface area contributed by atoms with Gasteiger partial charge in [-0.15, -0.1) is 0 Å². The Balaban J connectivity index is 1.96. The van der Waals surface area contributed by atoms with Gasteiger partial charge in [-0.2, -0.15) is 0 Å². The fraction of sp³-hybridized carbons (Fsp3) is 0.556. The van der Waals surface area contributed by atoms with E-state index in [1.54, 1.807) is 17.0 Å². The number of halogens is 1. The van der Waals surface area contributed by atoms with E-state index in [1.165, 1.54) is 12.1 Å². The van der Waals surface area contributed by atoms with Crippen LogP contribution in [0.25, 0.3) is 0 Å². The van der Waals surface area contributed by atoms with Gasteiger partial charge in [0, 0.05) is 26.2 Å². The fourth-order valence-electron chi connectivity index (χ4n) is 3.09. The number of hydrogen-bond acceptors (Lipinski definition) is 2. The predicted octanol–water partition coefficient (Wildman–Crippen LogP) is 2.48. The molecule has 1 aromatic carbocycles. The molecule has 0 aromatic heterocycles. The van der Waals surface area contributed by atoms with Crippen LogP contribution in [0.1, 0.15) is 32.3 Å². The third kappa shape index (κ3) is 4.53. The summed E-state index contributed by atoms with van der Waals surface area (Å²) in [6, 6.07) is 6.00. The van der Waals surface area contributed by atoms with Crippen LogP contribution in [0.2, 0.25) is 0 Å². The number of carbonyl (C=O) groups is 2. The standard InChI is InChI=1S/C18H25FN2O2/c1-3-20(4-2)18(23)15-6-5-11-21(13-15)17(22)12-14-7-9-16(19)10-8-14/h7-10,15H,3-6,11-13H2,1-2H3/t15-/m1/s1. The summed E-state index contributed by atoms with van der Waals surface area (Å²) >= 11 is 0. The lowest BCUT2D eigenvalue weighted by Gasteiger charge is -2.34. The minimum absolute atomic E-state index is 0.00801. The number of benzene rings is 1. The molecule has 0 bridgehead atoms. The Hall–Kier alpha value is -1.91. The van der Waals surface area contributed by atoms with Crippen molar-refractivity contribution in [3.8, 4) is 0 Å². The van der Waals surface area contributed by atoms with Crippen molar-refractivity contribution in [3.63, 3.8) is 0 Å². The zero-order valence-corrected chi connectivity index (χ0v) is 13.9. The van der Waals surface area contributed by atoms with Gasteiger partial charge in [0.05, 0.1) is 12.3 Å². The molecule has 0 unspecified atom stereocenters. The zero-order chi connectivity index (χ0) is 16.8. The third-order valence-corrected chi connectivity index (χ3v) is 4.47. The third-order valence-electron chi connectivity index (χ3n) is 4.47. The van der Waals surface area contributed by atoms with Gasteiger partial charge in [-0.05, 0) is 44.4 Å². The van der Waals surface area contributed by atoms with Crippen LogP contribution >= 0.6 is 0 Å². The second kappa shape index (κ2) is 8.09. The normalized spacial score (nSPS) is 17.9. The van der Waals surface area contributed by atoms with E-state index in [-0.39, 0.29) is 30.0 Å². The Morgan fingerprint density at radius 3 is 2.48 bits per heavy atom. The van der Waals surface area contributed by atoms with E-state index >= 15 is 0 Å². The highest BCUT2D eigenvalue weighted by Crippen LogP contribution is 2.20. The molecule has 5 heteroatoms. The summed E-state index contributed by atoms with van der Waals surface area (Å²) in [6.07, 6.45) is 1.95. The van der Waals surface area contributed by atoms with E-state index in [1.807, 2.05) is 18.7 Å².